The van der Waals surface area contributed by atoms with E-state index in [9.17, 15) is 19.2 Å². The maximum absolute atomic E-state index is 13.2. The first kappa shape index (κ1) is 22.2. The number of ketones is 1. The molecule has 0 spiro atoms. The van der Waals surface area contributed by atoms with Crippen LogP contribution in [-0.2, 0) is 36.8 Å². The number of β-lactam (4-membered cyclic amide) rings is 1. The van der Waals surface area contributed by atoms with Crippen molar-refractivity contribution in [3.63, 3.8) is 0 Å². The Kier molecular flexibility index (Phi) is 7.15. The fourth-order valence-electron chi connectivity index (χ4n) is 3.50. The number of nitrogens with zero attached hydrogens (tertiary/aromatic N) is 1. The molecule has 8 nitrogen and oxygen atoms in total. The first-order valence-corrected chi connectivity index (χ1v) is 10.0. The molecular formula is C23H25N3O5. The Bertz CT molecular complexity index is 948. The molecule has 162 valence electrons. The average molecular weight is 423 g/mol. The van der Waals surface area contributed by atoms with E-state index in [1.54, 1.807) is 0 Å². The predicted octanol–water partition coefficient (Wildman–Crippen LogP) is 1.14. The van der Waals surface area contributed by atoms with Gasteiger partial charge in [-0.15, -0.1) is 0 Å². The molecule has 31 heavy (non-hydrogen) atoms. The number of aryl methyl sites for hydroxylation is 1. The lowest BCUT2D eigenvalue weighted by atomic mass is 9.86. The van der Waals surface area contributed by atoms with Crippen LogP contribution >= 0.6 is 0 Å². The number of nitrogens with two attached hydrogens (primary N) is 1. The summed E-state index contributed by atoms with van der Waals surface area (Å²) in [6, 6.07) is 17.7. The van der Waals surface area contributed by atoms with Crippen LogP contribution in [0.5, 0.6) is 0 Å². The molecule has 1 aliphatic rings. The fraction of sp³-hybridized carbons (Fsp3) is 0.304. The number of nitrogens with one attached hydrogen (secondary N) is 1. The Balaban J connectivity index is 1.72. The normalized spacial score (nSPS) is 18.6. The summed E-state index contributed by atoms with van der Waals surface area (Å²) in [5, 5.41) is 3.48. The van der Waals surface area contributed by atoms with Gasteiger partial charge in [-0.1, -0.05) is 60.7 Å². The highest BCUT2D eigenvalue weighted by atomic mass is 16.6. The van der Waals surface area contributed by atoms with Gasteiger partial charge in [-0.2, -0.15) is 0 Å². The molecule has 8 heteroatoms. The van der Waals surface area contributed by atoms with E-state index in [1.807, 2.05) is 60.7 Å². The van der Waals surface area contributed by atoms with Crippen LogP contribution in [-0.4, -0.2) is 40.8 Å². The van der Waals surface area contributed by atoms with E-state index < -0.39 is 35.8 Å². The van der Waals surface area contributed by atoms with Crippen molar-refractivity contribution in [1.29, 1.82) is 0 Å². The minimum absolute atomic E-state index is 0.192. The summed E-state index contributed by atoms with van der Waals surface area (Å²) < 4.78 is 5.02. The van der Waals surface area contributed by atoms with Crippen LogP contribution in [0.4, 0.5) is 0 Å². The molecule has 3 atom stereocenters. The highest BCUT2D eigenvalue weighted by molar-refractivity contribution is 6.09. The molecule has 0 aliphatic carbocycles. The van der Waals surface area contributed by atoms with Crippen molar-refractivity contribution in [2.24, 2.45) is 11.8 Å². The average Bonchev–Trinajstić information content (AvgIpc) is 2.77. The molecule has 0 unspecified atom stereocenters. The van der Waals surface area contributed by atoms with Gasteiger partial charge in [0.15, 0.2) is 11.7 Å². The number of hydrazine groups is 1. The van der Waals surface area contributed by atoms with Gasteiger partial charge in [0.2, 0.25) is 12.1 Å². The number of benzene rings is 2. The summed E-state index contributed by atoms with van der Waals surface area (Å²) in [6.45, 7) is 1.17. The first-order chi connectivity index (χ1) is 14.9. The lowest BCUT2D eigenvalue weighted by Crippen LogP contribution is -2.70. The smallest absolute Gasteiger partial charge is 0.304 e. The van der Waals surface area contributed by atoms with Crippen LogP contribution in [0, 0.1) is 5.92 Å². The number of esters is 1. The van der Waals surface area contributed by atoms with E-state index in [1.165, 1.54) is 6.92 Å². The van der Waals surface area contributed by atoms with Crippen molar-refractivity contribution >= 4 is 23.6 Å². The van der Waals surface area contributed by atoms with Gasteiger partial charge in [0.1, 0.15) is 0 Å². The molecule has 0 saturated carbocycles. The molecule has 1 aliphatic heterocycles. The van der Waals surface area contributed by atoms with Gasteiger partial charge in [0.05, 0.1) is 6.04 Å². The molecular weight excluding hydrogens is 398 g/mol. The Morgan fingerprint density at radius 3 is 2.19 bits per heavy atom. The highest BCUT2D eigenvalue weighted by Crippen LogP contribution is 2.27. The molecule has 0 bridgehead atoms. The standard InChI is InChI=1S/C23H25N3O5/c1-15(27)31-23-20(22(30)26(23)24)21(29)18(14-17-10-6-3-7-11-17)25-19(28)13-12-16-8-4-2-5-9-16/h2-11,18,20,23H,12-14,24H2,1H3,(H,25,28)/t18-,20-,23-/m0/s1. The maximum Gasteiger partial charge on any atom is 0.304 e. The summed E-state index contributed by atoms with van der Waals surface area (Å²) in [5.74, 6) is 2.20. The van der Waals surface area contributed by atoms with Gasteiger partial charge in [-0.05, 0) is 24.0 Å². The summed E-state index contributed by atoms with van der Waals surface area (Å²) >= 11 is 0. The number of rotatable bonds is 9. The Morgan fingerprint density at radius 1 is 1.03 bits per heavy atom. The van der Waals surface area contributed by atoms with E-state index in [4.69, 9.17) is 10.6 Å². The molecule has 2 aromatic carbocycles. The molecule has 3 rings (SSSR count). The fourth-order valence-corrected chi connectivity index (χ4v) is 3.50. The number of ether oxygens (including phenoxy) is 1. The van der Waals surface area contributed by atoms with Crippen LogP contribution < -0.4 is 11.2 Å². The number of Topliss-reactive ketones (excluding diaryl/α,β-unsaturated/α-hetero) is 1. The first-order valence-electron chi connectivity index (χ1n) is 10.0. The minimum atomic E-state index is -1.24. The zero-order valence-corrected chi connectivity index (χ0v) is 17.2. The molecule has 1 saturated heterocycles. The molecule has 0 radical (unpaired) electrons. The van der Waals surface area contributed by atoms with Crippen molar-refractivity contribution in [2.75, 3.05) is 0 Å². The number of hydrogen-bond acceptors (Lipinski definition) is 6. The number of carbonyl (C=O) groups excluding carboxylic acids is 4. The van der Waals surface area contributed by atoms with Gasteiger partial charge < -0.3 is 10.1 Å². The van der Waals surface area contributed by atoms with Crippen molar-refractivity contribution < 1.29 is 23.9 Å². The van der Waals surface area contributed by atoms with Gasteiger partial charge >= 0.3 is 5.97 Å². The zero-order chi connectivity index (χ0) is 22.4. The maximum atomic E-state index is 13.2. The number of amides is 2. The SMILES string of the molecule is CC(=O)O[C@H]1[C@@H](C(=O)[C@H](Cc2ccccc2)NC(=O)CCc2ccccc2)C(=O)N1N. The second-order valence-corrected chi connectivity index (χ2v) is 7.42. The molecule has 2 aromatic rings. The largest absolute Gasteiger partial charge is 0.439 e. The molecule has 1 fully saturated rings. The highest BCUT2D eigenvalue weighted by Gasteiger charge is 2.54. The van der Waals surface area contributed by atoms with Gasteiger partial charge in [-0.25, -0.2) is 10.9 Å². The topological polar surface area (TPSA) is 119 Å². The predicted molar refractivity (Wildman–Crippen MR) is 112 cm³/mol. The second kappa shape index (κ2) is 9.99. The molecule has 0 aromatic heterocycles. The van der Waals surface area contributed by atoms with Crippen molar-refractivity contribution in [1.82, 2.24) is 10.3 Å². The third-order valence-electron chi connectivity index (χ3n) is 5.12. The van der Waals surface area contributed by atoms with Crippen LogP contribution in [0.25, 0.3) is 0 Å². The van der Waals surface area contributed by atoms with Crippen molar-refractivity contribution in [3.8, 4) is 0 Å². The zero-order valence-electron chi connectivity index (χ0n) is 17.2. The third-order valence-corrected chi connectivity index (χ3v) is 5.12. The van der Waals surface area contributed by atoms with Crippen molar-refractivity contribution in [3.05, 3.63) is 71.8 Å². The van der Waals surface area contributed by atoms with Crippen LogP contribution in [0.1, 0.15) is 24.5 Å². The Hall–Kier alpha value is -3.52. The van der Waals surface area contributed by atoms with E-state index in [-0.39, 0.29) is 18.7 Å². The summed E-state index contributed by atoms with van der Waals surface area (Å²) in [5.41, 5.74) is 1.83. The van der Waals surface area contributed by atoms with Crippen LogP contribution in [0.3, 0.4) is 0 Å². The van der Waals surface area contributed by atoms with E-state index in [0.717, 1.165) is 16.1 Å². The Morgan fingerprint density at radius 2 is 1.61 bits per heavy atom. The summed E-state index contributed by atoms with van der Waals surface area (Å²) in [7, 11) is 0. The van der Waals surface area contributed by atoms with Crippen LogP contribution in [0.15, 0.2) is 60.7 Å². The van der Waals surface area contributed by atoms with E-state index in [2.05, 4.69) is 5.32 Å². The van der Waals surface area contributed by atoms with Gasteiger partial charge in [0, 0.05) is 13.3 Å². The van der Waals surface area contributed by atoms with Crippen LogP contribution in [0.2, 0.25) is 0 Å². The monoisotopic (exact) mass is 423 g/mol. The molecule has 3 N–H and O–H groups in total. The Labute approximate surface area is 180 Å². The number of hydrogen-bond donors (Lipinski definition) is 2. The second-order valence-electron chi connectivity index (χ2n) is 7.42. The van der Waals surface area contributed by atoms with Crippen molar-refractivity contribution in [2.45, 2.75) is 38.5 Å². The lowest BCUT2D eigenvalue weighted by Gasteiger charge is -2.42. The third kappa shape index (κ3) is 5.55. The van der Waals surface area contributed by atoms with Gasteiger partial charge in [-0.3, -0.25) is 19.2 Å². The summed E-state index contributed by atoms with van der Waals surface area (Å²) in [6.07, 6.45) is -0.249. The summed E-state index contributed by atoms with van der Waals surface area (Å²) in [4.78, 5) is 49.3. The molecule has 1 heterocycles. The van der Waals surface area contributed by atoms with E-state index in [0.29, 0.717) is 6.42 Å². The van der Waals surface area contributed by atoms with Gasteiger partial charge in [0.25, 0.3) is 5.91 Å². The quantitative estimate of drug-likeness (QED) is 0.205. The van der Waals surface area contributed by atoms with E-state index >= 15 is 0 Å². The number of carbonyl (C=O) groups is 4. The minimum Gasteiger partial charge on any atom is -0.439 e. The lowest BCUT2D eigenvalue weighted by molar-refractivity contribution is -0.199. The molecule has 2 amide bonds.